The van der Waals surface area contributed by atoms with E-state index in [1.165, 1.54) is 37.7 Å². The Hall–Kier alpha value is -1.51. The molecule has 0 spiro atoms. The Labute approximate surface area is 134 Å². The van der Waals surface area contributed by atoms with Gasteiger partial charge in [0.25, 0.3) is 0 Å². The Morgan fingerprint density at radius 2 is 1.73 bits per heavy atom. The summed E-state index contributed by atoms with van der Waals surface area (Å²) in [5.41, 5.74) is 1.71. The third-order valence-electron chi connectivity index (χ3n) is 4.45. The van der Waals surface area contributed by atoms with E-state index in [2.05, 4.69) is 24.4 Å². The third-order valence-corrected chi connectivity index (χ3v) is 4.45. The maximum Gasteiger partial charge on any atom is 0.412 e. The number of anilines is 1. The van der Waals surface area contributed by atoms with E-state index in [1.54, 1.807) is 0 Å². The highest BCUT2D eigenvalue weighted by molar-refractivity contribution is 5.84. The van der Waals surface area contributed by atoms with Gasteiger partial charge < -0.3 is 4.74 Å². The molecule has 1 aromatic carbocycles. The molecule has 1 aliphatic carbocycles. The molecular weight excluding hydrogens is 274 g/mol. The summed E-state index contributed by atoms with van der Waals surface area (Å²) >= 11 is 0. The quantitative estimate of drug-likeness (QED) is 0.775. The van der Waals surface area contributed by atoms with Crippen molar-refractivity contribution in [2.75, 3.05) is 5.32 Å². The second-order valence-electron chi connectivity index (χ2n) is 7.37. The van der Waals surface area contributed by atoms with Gasteiger partial charge in [-0.3, -0.25) is 5.32 Å². The fourth-order valence-corrected chi connectivity index (χ4v) is 3.16. The van der Waals surface area contributed by atoms with Crippen LogP contribution in [0, 0.1) is 5.92 Å². The summed E-state index contributed by atoms with van der Waals surface area (Å²) in [5.74, 6) is 1.60. The maximum atomic E-state index is 11.8. The zero-order valence-corrected chi connectivity index (χ0v) is 14.3. The molecule has 1 fully saturated rings. The number of amides is 1. The van der Waals surface area contributed by atoms with Gasteiger partial charge in [-0.05, 0) is 76.0 Å². The first-order chi connectivity index (χ1) is 10.4. The molecule has 3 heteroatoms. The number of ether oxygens (including phenoxy) is 1. The van der Waals surface area contributed by atoms with Crippen molar-refractivity contribution in [3.05, 3.63) is 29.8 Å². The number of carbonyl (C=O) groups excluding carboxylic acids is 1. The van der Waals surface area contributed by atoms with Crippen molar-refractivity contribution in [3.63, 3.8) is 0 Å². The molecule has 3 nitrogen and oxygen atoms in total. The fraction of sp³-hybridized carbons (Fsp3) is 0.632. The molecule has 22 heavy (non-hydrogen) atoms. The maximum absolute atomic E-state index is 11.8. The van der Waals surface area contributed by atoms with Gasteiger partial charge in [0, 0.05) is 5.69 Å². The van der Waals surface area contributed by atoms with E-state index in [4.69, 9.17) is 4.74 Å². The average molecular weight is 303 g/mol. The first-order valence-electron chi connectivity index (χ1n) is 8.47. The third kappa shape index (κ3) is 5.04. The van der Waals surface area contributed by atoms with Gasteiger partial charge in [0.2, 0.25) is 0 Å². The molecule has 1 amide bonds. The van der Waals surface area contributed by atoms with Crippen molar-refractivity contribution in [1.82, 2.24) is 0 Å². The lowest BCUT2D eigenvalue weighted by Crippen LogP contribution is -2.27. The number of hydrogen-bond donors (Lipinski definition) is 1. The van der Waals surface area contributed by atoms with E-state index in [0.29, 0.717) is 5.92 Å². The summed E-state index contributed by atoms with van der Waals surface area (Å²) in [6.07, 6.45) is 6.18. The van der Waals surface area contributed by atoms with Gasteiger partial charge in [-0.1, -0.05) is 25.5 Å². The molecule has 1 aromatic rings. The monoisotopic (exact) mass is 303 g/mol. The standard InChI is InChI=1S/C19H29NO2/c1-5-14-6-8-15(9-7-14)16-10-12-17(13-11-16)20-18(21)22-19(2,3)4/h10-15H,5-9H2,1-4H3,(H,20,21). The van der Waals surface area contributed by atoms with Crippen molar-refractivity contribution in [1.29, 1.82) is 0 Å². The van der Waals surface area contributed by atoms with E-state index in [1.807, 2.05) is 32.9 Å². The summed E-state index contributed by atoms with van der Waals surface area (Å²) in [5, 5.41) is 2.78. The Balaban J connectivity index is 1.89. The molecule has 0 radical (unpaired) electrons. The summed E-state index contributed by atoms with van der Waals surface area (Å²) < 4.78 is 5.26. The lowest BCUT2D eigenvalue weighted by molar-refractivity contribution is 0.0636. The molecule has 0 aliphatic heterocycles. The molecular formula is C19H29NO2. The van der Waals surface area contributed by atoms with Crippen LogP contribution in [-0.2, 0) is 4.74 Å². The predicted octanol–water partition coefficient (Wildman–Crippen LogP) is 5.72. The number of carbonyl (C=O) groups is 1. The van der Waals surface area contributed by atoms with E-state index in [0.717, 1.165) is 11.6 Å². The highest BCUT2D eigenvalue weighted by atomic mass is 16.6. The summed E-state index contributed by atoms with van der Waals surface area (Å²) in [6, 6.07) is 8.24. The minimum Gasteiger partial charge on any atom is -0.444 e. The highest BCUT2D eigenvalue weighted by Gasteiger charge is 2.21. The Morgan fingerprint density at radius 3 is 2.23 bits per heavy atom. The van der Waals surface area contributed by atoms with Crippen LogP contribution in [0.2, 0.25) is 0 Å². The van der Waals surface area contributed by atoms with Crippen LogP contribution in [-0.4, -0.2) is 11.7 Å². The first-order valence-corrected chi connectivity index (χ1v) is 8.47. The Bertz CT molecular complexity index is 479. The number of hydrogen-bond acceptors (Lipinski definition) is 2. The van der Waals surface area contributed by atoms with Crippen LogP contribution in [0.5, 0.6) is 0 Å². The smallest absolute Gasteiger partial charge is 0.412 e. The van der Waals surface area contributed by atoms with Crippen LogP contribution >= 0.6 is 0 Å². The second-order valence-corrected chi connectivity index (χ2v) is 7.37. The summed E-state index contributed by atoms with van der Waals surface area (Å²) in [6.45, 7) is 7.88. The predicted molar refractivity (Wildman–Crippen MR) is 91.3 cm³/mol. The van der Waals surface area contributed by atoms with Crippen molar-refractivity contribution in [3.8, 4) is 0 Å². The average Bonchev–Trinajstić information content (AvgIpc) is 2.46. The van der Waals surface area contributed by atoms with Gasteiger partial charge in [0.05, 0.1) is 0 Å². The lowest BCUT2D eigenvalue weighted by Gasteiger charge is -2.28. The molecule has 0 saturated heterocycles. The molecule has 1 aliphatic rings. The minimum atomic E-state index is -0.470. The molecule has 122 valence electrons. The lowest BCUT2D eigenvalue weighted by atomic mass is 9.78. The topological polar surface area (TPSA) is 38.3 Å². The number of benzene rings is 1. The Kier molecular flexibility index (Phi) is 5.49. The summed E-state index contributed by atoms with van der Waals surface area (Å²) in [7, 11) is 0. The molecule has 0 heterocycles. The van der Waals surface area contributed by atoms with Crippen LogP contribution < -0.4 is 5.32 Å². The minimum absolute atomic E-state index is 0.399. The molecule has 2 rings (SSSR count). The molecule has 0 aromatic heterocycles. The van der Waals surface area contributed by atoms with Crippen LogP contribution in [0.25, 0.3) is 0 Å². The fourth-order valence-electron chi connectivity index (χ4n) is 3.16. The molecule has 0 atom stereocenters. The number of nitrogens with one attached hydrogen (secondary N) is 1. The van der Waals surface area contributed by atoms with Crippen LogP contribution in [0.1, 0.15) is 71.3 Å². The van der Waals surface area contributed by atoms with Crippen LogP contribution in [0.15, 0.2) is 24.3 Å². The normalized spacial score (nSPS) is 22.2. The largest absolute Gasteiger partial charge is 0.444 e. The van der Waals surface area contributed by atoms with E-state index < -0.39 is 11.7 Å². The Morgan fingerprint density at radius 1 is 1.14 bits per heavy atom. The number of rotatable bonds is 3. The highest BCUT2D eigenvalue weighted by Crippen LogP contribution is 2.37. The zero-order chi connectivity index (χ0) is 16.2. The van der Waals surface area contributed by atoms with Crippen molar-refractivity contribution in [2.45, 2.75) is 71.3 Å². The van der Waals surface area contributed by atoms with Gasteiger partial charge in [0.15, 0.2) is 0 Å². The van der Waals surface area contributed by atoms with Crippen molar-refractivity contribution < 1.29 is 9.53 Å². The first kappa shape index (κ1) is 16.9. The molecule has 0 bridgehead atoms. The van der Waals surface area contributed by atoms with E-state index in [-0.39, 0.29) is 0 Å². The van der Waals surface area contributed by atoms with Crippen LogP contribution in [0.4, 0.5) is 10.5 Å². The van der Waals surface area contributed by atoms with E-state index in [9.17, 15) is 4.79 Å². The van der Waals surface area contributed by atoms with Gasteiger partial charge in [0.1, 0.15) is 5.60 Å². The van der Waals surface area contributed by atoms with Crippen molar-refractivity contribution >= 4 is 11.8 Å². The SMILES string of the molecule is CCC1CCC(c2ccc(NC(=O)OC(C)(C)C)cc2)CC1. The second kappa shape index (κ2) is 7.17. The zero-order valence-electron chi connectivity index (χ0n) is 14.3. The van der Waals surface area contributed by atoms with Crippen molar-refractivity contribution in [2.24, 2.45) is 5.92 Å². The van der Waals surface area contributed by atoms with Gasteiger partial charge in [-0.25, -0.2) is 4.79 Å². The molecule has 1 saturated carbocycles. The molecule has 1 N–H and O–H groups in total. The van der Waals surface area contributed by atoms with E-state index >= 15 is 0 Å². The van der Waals surface area contributed by atoms with Gasteiger partial charge in [-0.15, -0.1) is 0 Å². The molecule has 0 unspecified atom stereocenters. The van der Waals surface area contributed by atoms with Gasteiger partial charge in [-0.2, -0.15) is 0 Å². The summed E-state index contributed by atoms with van der Waals surface area (Å²) in [4.78, 5) is 11.8. The van der Waals surface area contributed by atoms with Gasteiger partial charge >= 0.3 is 6.09 Å². The van der Waals surface area contributed by atoms with Crippen LogP contribution in [0.3, 0.4) is 0 Å².